The Balaban J connectivity index is 1.47. The molecule has 0 bridgehead atoms. The molecule has 7 nitrogen and oxygen atoms in total. The van der Waals surface area contributed by atoms with Crippen molar-refractivity contribution < 1.29 is 9.21 Å². The Hall–Kier alpha value is -2.15. The summed E-state index contributed by atoms with van der Waals surface area (Å²) in [6, 6.07) is 3.62. The third-order valence-electron chi connectivity index (χ3n) is 3.90. The fourth-order valence-electron chi connectivity index (χ4n) is 2.67. The fourth-order valence-corrected chi connectivity index (χ4v) is 2.67. The molecule has 0 aliphatic carbocycles. The van der Waals surface area contributed by atoms with Crippen molar-refractivity contribution in [3.63, 3.8) is 0 Å². The smallest absolute Gasteiger partial charge is 0.287 e. The van der Waals surface area contributed by atoms with Crippen molar-refractivity contribution in [3.05, 3.63) is 35.8 Å². The predicted octanol–water partition coefficient (Wildman–Crippen LogP) is 0.976. The molecule has 0 radical (unpaired) electrons. The van der Waals surface area contributed by atoms with Gasteiger partial charge in [0.1, 0.15) is 17.9 Å². The molecule has 3 heterocycles. The van der Waals surface area contributed by atoms with Crippen LogP contribution in [-0.2, 0) is 20.0 Å². The van der Waals surface area contributed by atoms with Crippen LogP contribution >= 0.6 is 0 Å². The maximum Gasteiger partial charge on any atom is 0.287 e. The molecule has 0 saturated carbocycles. The lowest BCUT2D eigenvalue weighted by Gasteiger charge is -2.11. The highest BCUT2D eigenvalue weighted by molar-refractivity contribution is 5.91. The molecule has 0 aromatic carbocycles. The molecule has 0 unspecified atom stereocenters. The highest BCUT2D eigenvalue weighted by Gasteiger charge is 2.16. The van der Waals surface area contributed by atoms with E-state index in [4.69, 9.17) is 4.42 Å². The van der Waals surface area contributed by atoms with Gasteiger partial charge in [-0.2, -0.15) is 5.10 Å². The molecule has 1 saturated heterocycles. The Bertz CT molecular complexity index is 627. The van der Waals surface area contributed by atoms with Crippen molar-refractivity contribution in [2.45, 2.75) is 25.8 Å². The molecule has 1 N–H and O–H groups in total. The maximum absolute atomic E-state index is 12.0. The predicted molar refractivity (Wildman–Crippen MR) is 80.3 cm³/mol. The summed E-state index contributed by atoms with van der Waals surface area (Å²) < 4.78 is 7.33. The lowest BCUT2D eigenvalue weighted by Crippen LogP contribution is -2.26. The summed E-state index contributed by atoms with van der Waals surface area (Å²) in [7, 11) is 1.83. The number of carbonyl (C=O) groups is 1. The Morgan fingerprint density at radius 2 is 2.18 bits per heavy atom. The van der Waals surface area contributed by atoms with Crippen LogP contribution in [-0.4, -0.2) is 45.2 Å². The zero-order valence-corrected chi connectivity index (χ0v) is 12.8. The van der Waals surface area contributed by atoms with Gasteiger partial charge in [0.15, 0.2) is 5.76 Å². The van der Waals surface area contributed by atoms with E-state index in [0.717, 1.165) is 31.2 Å². The number of nitrogens with one attached hydrogen (secondary N) is 1. The van der Waals surface area contributed by atoms with Gasteiger partial charge in [-0.15, -0.1) is 0 Å². The quantitative estimate of drug-likeness (QED) is 0.861. The molecule has 1 aliphatic rings. The number of likely N-dealkylation sites (tertiary alicyclic amines) is 1. The summed E-state index contributed by atoms with van der Waals surface area (Å²) in [4.78, 5) is 18.5. The minimum Gasteiger partial charge on any atom is -0.455 e. The largest absolute Gasteiger partial charge is 0.455 e. The van der Waals surface area contributed by atoms with Crippen LogP contribution < -0.4 is 5.32 Å². The first-order valence-corrected chi connectivity index (χ1v) is 7.64. The number of furan rings is 1. The molecule has 22 heavy (non-hydrogen) atoms. The van der Waals surface area contributed by atoms with E-state index in [1.54, 1.807) is 10.7 Å². The van der Waals surface area contributed by atoms with Crippen molar-refractivity contribution in [2.24, 2.45) is 7.05 Å². The minimum absolute atomic E-state index is 0.185. The van der Waals surface area contributed by atoms with Gasteiger partial charge in [-0.3, -0.25) is 14.4 Å². The van der Waals surface area contributed by atoms with Gasteiger partial charge in [-0.25, -0.2) is 4.98 Å². The normalized spacial score (nSPS) is 15.3. The molecular weight excluding hydrogens is 282 g/mol. The molecule has 0 spiro atoms. The van der Waals surface area contributed by atoms with Crippen LogP contribution in [0.25, 0.3) is 0 Å². The van der Waals surface area contributed by atoms with Crippen LogP contribution in [0.4, 0.5) is 0 Å². The van der Waals surface area contributed by atoms with Gasteiger partial charge >= 0.3 is 0 Å². The van der Waals surface area contributed by atoms with Crippen molar-refractivity contribution in [1.29, 1.82) is 0 Å². The molecule has 3 rings (SSSR count). The molecule has 1 fully saturated rings. The van der Waals surface area contributed by atoms with Crippen molar-refractivity contribution >= 4 is 5.91 Å². The summed E-state index contributed by atoms with van der Waals surface area (Å²) >= 11 is 0. The summed E-state index contributed by atoms with van der Waals surface area (Å²) in [6.45, 7) is 3.51. The average molecular weight is 303 g/mol. The lowest BCUT2D eigenvalue weighted by atomic mass is 10.3. The van der Waals surface area contributed by atoms with E-state index in [1.165, 1.54) is 19.2 Å². The Morgan fingerprint density at radius 1 is 1.36 bits per heavy atom. The van der Waals surface area contributed by atoms with Crippen LogP contribution in [0.1, 0.15) is 35.0 Å². The Morgan fingerprint density at radius 3 is 2.91 bits per heavy atom. The van der Waals surface area contributed by atoms with E-state index in [-0.39, 0.29) is 5.91 Å². The van der Waals surface area contributed by atoms with E-state index in [1.807, 2.05) is 13.1 Å². The first-order valence-electron chi connectivity index (χ1n) is 7.64. The monoisotopic (exact) mass is 303 g/mol. The third-order valence-corrected chi connectivity index (χ3v) is 3.90. The average Bonchev–Trinajstić information content (AvgIpc) is 3.23. The number of carbonyl (C=O) groups excluding carboxylic acids is 1. The van der Waals surface area contributed by atoms with E-state index in [0.29, 0.717) is 18.7 Å². The van der Waals surface area contributed by atoms with Crippen LogP contribution in [0, 0.1) is 0 Å². The number of aryl methyl sites for hydroxylation is 1. The van der Waals surface area contributed by atoms with Gasteiger partial charge in [0.2, 0.25) is 0 Å². The summed E-state index contributed by atoms with van der Waals surface area (Å²) in [5.74, 6) is 1.87. The molecule has 2 aromatic rings. The molecular formula is C15H21N5O2. The Labute approximate surface area is 129 Å². The number of aromatic nitrogens is 3. The number of amides is 1. The highest BCUT2D eigenvalue weighted by atomic mass is 16.4. The number of nitrogens with zero attached hydrogens (tertiary/aromatic N) is 4. The maximum atomic E-state index is 12.0. The third kappa shape index (κ3) is 3.54. The van der Waals surface area contributed by atoms with Crippen molar-refractivity contribution in [1.82, 2.24) is 25.0 Å². The fraction of sp³-hybridized carbons (Fsp3) is 0.533. The van der Waals surface area contributed by atoms with Crippen LogP contribution in [0.3, 0.4) is 0 Å². The van der Waals surface area contributed by atoms with Gasteiger partial charge in [0.05, 0.1) is 6.54 Å². The highest BCUT2D eigenvalue weighted by Crippen LogP contribution is 2.15. The molecule has 0 atom stereocenters. The Kier molecular flexibility index (Phi) is 4.53. The van der Waals surface area contributed by atoms with E-state index >= 15 is 0 Å². The molecule has 7 heteroatoms. The van der Waals surface area contributed by atoms with Crippen molar-refractivity contribution in [2.75, 3.05) is 19.6 Å². The van der Waals surface area contributed by atoms with Gasteiger partial charge in [-0.1, -0.05) is 0 Å². The first-order chi connectivity index (χ1) is 10.7. The van der Waals surface area contributed by atoms with E-state index in [9.17, 15) is 4.79 Å². The summed E-state index contributed by atoms with van der Waals surface area (Å²) in [6.07, 6.45) is 4.64. The first kappa shape index (κ1) is 14.8. The minimum atomic E-state index is -0.185. The molecule has 1 aliphatic heterocycles. The number of hydrogen-bond donors (Lipinski definition) is 1. The second kappa shape index (κ2) is 6.74. The van der Waals surface area contributed by atoms with Crippen LogP contribution in [0.5, 0.6) is 0 Å². The second-order valence-corrected chi connectivity index (χ2v) is 5.55. The standard InChI is InChI=1S/C15H21N5O2/c1-19-14(17-11-18-19)6-7-16-15(21)13-5-4-12(22-13)10-20-8-2-3-9-20/h4-5,11H,2-3,6-10H2,1H3,(H,16,21). The summed E-state index contributed by atoms with van der Waals surface area (Å²) in [5, 5.41) is 6.84. The topological polar surface area (TPSA) is 76.2 Å². The summed E-state index contributed by atoms with van der Waals surface area (Å²) in [5.41, 5.74) is 0. The van der Waals surface area contributed by atoms with Gasteiger partial charge in [-0.05, 0) is 38.1 Å². The van der Waals surface area contributed by atoms with E-state index < -0.39 is 0 Å². The zero-order chi connectivity index (χ0) is 15.4. The molecule has 118 valence electrons. The second-order valence-electron chi connectivity index (χ2n) is 5.55. The SMILES string of the molecule is Cn1ncnc1CCNC(=O)c1ccc(CN2CCCC2)o1. The van der Waals surface area contributed by atoms with Crippen LogP contribution in [0.2, 0.25) is 0 Å². The lowest BCUT2D eigenvalue weighted by molar-refractivity contribution is 0.0922. The number of hydrogen-bond acceptors (Lipinski definition) is 5. The number of rotatable bonds is 6. The van der Waals surface area contributed by atoms with Gasteiger partial charge in [0, 0.05) is 20.0 Å². The van der Waals surface area contributed by atoms with Gasteiger partial charge < -0.3 is 9.73 Å². The molecule has 1 amide bonds. The van der Waals surface area contributed by atoms with Crippen LogP contribution in [0.15, 0.2) is 22.9 Å². The molecule has 2 aromatic heterocycles. The zero-order valence-electron chi connectivity index (χ0n) is 12.8. The van der Waals surface area contributed by atoms with Crippen molar-refractivity contribution in [3.8, 4) is 0 Å². The van der Waals surface area contributed by atoms with E-state index in [2.05, 4.69) is 20.3 Å². The van der Waals surface area contributed by atoms with Gasteiger partial charge in [0.25, 0.3) is 5.91 Å².